The Morgan fingerprint density at radius 2 is 1.23 bits per heavy atom. The van der Waals surface area contributed by atoms with Crippen LogP contribution in [0.1, 0.15) is 72.4 Å². The predicted octanol–water partition coefficient (Wildman–Crippen LogP) is 10.5. The molecule has 0 unspecified atom stereocenters. The lowest BCUT2D eigenvalue weighted by Crippen LogP contribution is -2.39. The lowest BCUT2D eigenvalue weighted by Gasteiger charge is -2.36. The maximum Gasteiger partial charge on any atom is 0.343 e. The summed E-state index contributed by atoms with van der Waals surface area (Å²) in [5, 5.41) is 14.8. The van der Waals surface area contributed by atoms with E-state index in [4.69, 9.17) is 19.8 Å². The number of rotatable bonds is 13. The van der Waals surface area contributed by atoms with Gasteiger partial charge < -0.3 is 14.0 Å². The lowest BCUT2D eigenvalue weighted by atomic mass is 9.77. The van der Waals surface area contributed by atoms with E-state index in [0.717, 1.165) is 68.4 Å². The Balaban J connectivity index is 1.16. The van der Waals surface area contributed by atoms with Gasteiger partial charge in [-0.15, -0.1) is 5.10 Å². The van der Waals surface area contributed by atoms with E-state index in [1.165, 1.54) is 0 Å². The first kappa shape index (κ1) is 39.7. The number of carbonyl (C=O) groups excluding carboxylic acids is 2. The van der Waals surface area contributed by atoms with Gasteiger partial charge in [0.15, 0.2) is 5.82 Å². The van der Waals surface area contributed by atoms with Gasteiger partial charge in [0.2, 0.25) is 6.79 Å². The Morgan fingerprint density at radius 3 is 1.82 bits per heavy atom. The van der Waals surface area contributed by atoms with E-state index < -0.39 is 29.7 Å². The van der Waals surface area contributed by atoms with E-state index in [1.54, 1.807) is 26.8 Å². The minimum Gasteiger partial charge on any atom is -0.427 e. The third-order valence-electron chi connectivity index (χ3n) is 10.9. The SMILES string of the molecule is CCCc1cc2cccc(C(=O)OCOC(=O)C(C)(C)C)c2n1Cc1ccc(-c2ccccc2-c2nnnn2C(c2ccccc2)(c2ccccc2)c2ccccc2)cc1. The van der Waals surface area contributed by atoms with Crippen LogP contribution >= 0.6 is 0 Å². The van der Waals surface area contributed by atoms with Crippen LogP contribution < -0.4 is 0 Å². The molecule has 0 radical (unpaired) electrons. The fraction of sp³-hybridized carbons (Fsp3) is 0.196. The normalized spacial score (nSPS) is 11.7. The number of fused-ring (bicyclic) bond motifs is 1. The van der Waals surface area contributed by atoms with Crippen molar-refractivity contribution in [1.29, 1.82) is 0 Å². The molecule has 6 aromatic carbocycles. The highest BCUT2D eigenvalue weighted by atomic mass is 16.7. The van der Waals surface area contributed by atoms with Crippen LogP contribution in [-0.2, 0) is 32.8 Å². The molecular weight excluding hydrogens is 747 g/mol. The summed E-state index contributed by atoms with van der Waals surface area (Å²) in [6.07, 6.45) is 1.77. The van der Waals surface area contributed by atoms with Crippen LogP contribution in [0, 0.1) is 5.41 Å². The molecule has 2 heterocycles. The van der Waals surface area contributed by atoms with Gasteiger partial charge in [-0.05, 0) is 83.1 Å². The van der Waals surface area contributed by atoms with Crippen molar-refractivity contribution in [3.63, 3.8) is 0 Å². The summed E-state index contributed by atoms with van der Waals surface area (Å²) >= 11 is 0. The van der Waals surface area contributed by atoms with E-state index in [0.29, 0.717) is 17.9 Å². The molecule has 0 atom stereocenters. The summed E-state index contributed by atoms with van der Waals surface area (Å²) in [6, 6.07) is 55.7. The number of aryl methyl sites for hydroxylation is 1. The molecular formula is C51H47N5O4. The number of hydrogen-bond acceptors (Lipinski definition) is 7. The Bertz CT molecular complexity index is 2640. The van der Waals surface area contributed by atoms with Crippen LogP contribution in [0.15, 0.2) is 164 Å². The van der Waals surface area contributed by atoms with Crippen molar-refractivity contribution < 1.29 is 19.1 Å². The first-order chi connectivity index (χ1) is 29.2. The molecule has 8 rings (SSSR count). The van der Waals surface area contributed by atoms with Crippen LogP contribution in [0.2, 0.25) is 0 Å². The molecule has 9 nitrogen and oxygen atoms in total. The molecule has 60 heavy (non-hydrogen) atoms. The molecule has 0 aliphatic heterocycles. The van der Waals surface area contributed by atoms with Crippen LogP contribution in [0.4, 0.5) is 0 Å². The van der Waals surface area contributed by atoms with E-state index in [9.17, 15) is 9.59 Å². The number of hydrogen-bond donors (Lipinski definition) is 0. The van der Waals surface area contributed by atoms with Crippen molar-refractivity contribution in [1.82, 2.24) is 24.8 Å². The van der Waals surface area contributed by atoms with E-state index in [1.807, 2.05) is 47.1 Å². The number of para-hydroxylation sites is 1. The maximum atomic E-state index is 13.5. The number of aromatic nitrogens is 5. The molecule has 0 bridgehead atoms. The zero-order valence-corrected chi connectivity index (χ0v) is 34.3. The van der Waals surface area contributed by atoms with Gasteiger partial charge in [0.05, 0.1) is 16.5 Å². The summed E-state index contributed by atoms with van der Waals surface area (Å²) < 4.78 is 14.9. The number of tetrazole rings is 1. The number of ether oxygens (including phenoxy) is 2. The largest absolute Gasteiger partial charge is 0.427 e. The second-order valence-corrected chi connectivity index (χ2v) is 15.9. The Morgan fingerprint density at radius 1 is 0.650 bits per heavy atom. The van der Waals surface area contributed by atoms with Gasteiger partial charge in [0.1, 0.15) is 5.54 Å². The highest BCUT2D eigenvalue weighted by Crippen LogP contribution is 2.43. The second-order valence-electron chi connectivity index (χ2n) is 15.9. The van der Waals surface area contributed by atoms with E-state index >= 15 is 0 Å². The predicted molar refractivity (Wildman–Crippen MR) is 234 cm³/mol. The van der Waals surface area contributed by atoms with Gasteiger partial charge in [0, 0.05) is 23.2 Å². The van der Waals surface area contributed by atoms with Gasteiger partial charge in [-0.2, -0.15) is 0 Å². The maximum absolute atomic E-state index is 13.5. The van der Waals surface area contributed by atoms with Crippen molar-refractivity contribution in [2.75, 3.05) is 6.79 Å². The highest BCUT2D eigenvalue weighted by molar-refractivity contribution is 6.03. The summed E-state index contributed by atoms with van der Waals surface area (Å²) in [4.78, 5) is 25.8. The van der Waals surface area contributed by atoms with E-state index in [-0.39, 0.29) is 0 Å². The molecule has 2 aromatic heterocycles. The average molecular weight is 794 g/mol. The topological polar surface area (TPSA) is 101 Å². The summed E-state index contributed by atoms with van der Waals surface area (Å²) in [5.74, 6) is -0.358. The van der Waals surface area contributed by atoms with Crippen molar-refractivity contribution in [2.24, 2.45) is 5.41 Å². The molecule has 0 saturated carbocycles. The van der Waals surface area contributed by atoms with E-state index in [2.05, 4.69) is 132 Å². The lowest BCUT2D eigenvalue weighted by molar-refractivity contribution is -0.161. The molecule has 9 heteroatoms. The van der Waals surface area contributed by atoms with Gasteiger partial charge >= 0.3 is 11.9 Å². The number of benzene rings is 6. The molecule has 8 aromatic rings. The first-order valence-corrected chi connectivity index (χ1v) is 20.3. The minimum atomic E-state index is -0.891. The summed E-state index contributed by atoms with van der Waals surface area (Å²) in [6.45, 7) is 7.50. The Kier molecular flexibility index (Phi) is 11.2. The van der Waals surface area contributed by atoms with Crippen LogP contribution in [-0.4, -0.2) is 43.5 Å². The smallest absolute Gasteiger partial charge is 0.343 e. The van der Waals surface area contributed by atoms with Gasteiger partial charge in [-0.1, -0.05) is 165 Å². The van der Waals surface area contributed by atoms with Gasteiger partial charge in [0.25, 0.3) is 0 Å². The molecule has 0 spiro atoms. The third-order valence-corrected chi connectivity index (χ3v) is 10.9. The number of esters is 2. The molecule has 0 amide bonds. The average Bonchev–Trinajstić information content (AvgIpc) is 3.90. The van der Waals surface area contributed by atoms with Crippen LogP contribution in [0.25, 0.3) is 33.4 Å². The molecule has 0 fully saturated rings. The summed E-state index contributed by atoms with van der Waals surface area (Å²) in [5.41, 5.74) is 7.75. The Hall–Kier alpha value is -7.13. The molecule has 0 aliphatic rings. The fourth-order valence-corrected chi connectivity index (χ4v) is 8.01. The number of nitrogens with zero attached hydrogens (tertiary/aromatic N) is 5. The second kappa shape index (κ2) is 17.0. The van der Waals surface area contributed by atoms with Crippen molar-refractivity contribution in [2.45, 2.75) is 52.6 Å². The number of carbonyl (C=O) groups is 2. The standard InChI is InChI=1S/C51H47N5O4/c1-5-18-42-33-38-19-17-28-45(48(57)59-35-60-49(58)50(2,3)4)46(38)55(42)34-36-29-31-37(32-30-36)43-26-15-16-27-44(43)47-52-53-54-56(47)51(39-20-9-6-10-21-39,40-22-11-7-12-23-40)41-24-13-8-14-25-41/h6-17,19-33H,5,18,34-35H2,1-4H3. The third kappa shape index (κ3) is 7.62. The van der Waals surface area contributed by atoms with Crippen molar-refractivity contribution in [3.8, 4) is 22.5 Å². The highest BCUT2D eigenvalue weighted by Gasteiger charge is 2.42. The zero-order valence-electron chi connectivity index (χ0n) is 34.3. The van der Waals surface area contributed by atoms with Gasteiger partial charge in [-0.25, -0.2) is 9.48 Å². The van der Waals surface area contributed by atoms with Crippen molar-refractivity contribution >= 4 is 22.8 Å². The molecule has 300 valence electrons. The minimum absolute atomic E-state index is 0.419. The summed E-state index contributed by atoms with van der Waals surface area (Å²) in [7, 11) is 0. The monoisotopic (exact) mass is 793 g/mol. The Labute approximate surface area is 350 Å². The zero-order chi connectivity index (χ0) is 41.7. The quantitative estimate of drug-likeness (QED) is 0.0651. The van der Waals surface area contributed by atoms with Crippen LogP contribution in [0.3, 0.4) is 0 Å². The van der Waals surface area contributed by atoms with Gasteiger partial charge in [-0.3, -0.25) is 4.79 Å². The van der Waals surface area contributed by atoms with Crippen LogP contribution in [0.5, 0.6) is 0 Å². The molecule has 0 aliphatic carbocycles. The molecule has 0 N–H and O–H groups in total. The van der Waals surface area contributed by atoms with Crippen molar-refractivity contribution in [3.05, 3.63) is 197 Å². The fourth-order valence-electron chi connectivity index (χ4n) is 8.01. The first-order valence-electron chi connectivity index (χ1n) is 20.3. The molecule has 0 saturated heterocycles.